The fraction of sp³-hybridized carbons (Fsp3) is 0.571. The van der Waals surface area contributed by atoms with Gasteiger partial charge in [0, 0.05) is 19.0 Å². The summed E-state index contributed by atoms with van der Waals surface area (Å²) in [7, 11) is 1.37. The Labute approximate surface area is 179 Å². The molecule has 7 nitrogen and oxygen atoms in total. The fourth-order valence-electron chi connectivity index (χ4n) is 3.62. The average molecular weight is 443 g/mol. The fourth-order valence-corrected chi connectivity index (χ4v) is 3.62. The summed E-state index contributed by atoms with van der Waals surface area (Å²) in [5.74, 6) is -0.343. The molecule has 1 fully saturated rings. The number of nitrogens with zero attached hydrogens (tertiary/aromatic N) is 3. The zero-order valence-corrected chi connectivity index (χ0v) is 17.9. The van der Waals surface area contributed by atoms with Crippen LogP contribution in [0.2, 0.25) is 0 Å². The van der Waals surface area contributed by atoms with Gasteiger partial charge in [0.05, 0.1) is 12.3 Å². The second-order valence-corrected chi connectivity index (χ2v) is 7.19. The molecule has 10 heteroatoms. The summed E-state index contributed by atoms with van der Waals surface area (Å²) >= 11 is 0. The number of ether oxygens (including phenoxy) is 1. The molecule has 1 aliphatic rings. The smallest absolute Gasteiger partial charge is 0.414 e. The number of anilines is 1. The van der Waals surface area contributed by atoms with E-state index in [1.807, 2.05) is 6.92 Å². The number of hydrogen-bond acceptors (Lipinski definition) is 5. The minimum atomic E-state index is -4.62. The minimum absolute atomic E-state index is 0.0230. The number of hydrogen-bond donors (Lipinski definition) is 0. The Morgan fingerprint density at radius 2 is 2.00 bits per heavy atom. The van der Waals surface area contributed by atoms with Crippen LogP contribution >= 0.6 is 0 Å². The molecule has 1 aliphatic heterocycles. The van der Waals surface area contributed by atoms with Crippen LogP contribution in [0.1, 0.15) is 38.7 Å². The molecule has 1 saturated heterocycles. The van der Waals surface area contributed by atoms with Crippen LogP contribution in [0.25, 0.3) is 0 Å². The van der Waals surface area contributed by atoms with Gasteiger partial charge in [-0.2, -0.15) is 13.2 Å². The molecule has 1 heterocycles. The van der Waals surface area contributed by atoms with Gasteiger partial charge < -0.3 is 14.5 Å². The molecule has 0 spiro atoms. The first-order valence-corrected chi connectivity index (χ1v) is 10.2. The van der Waals surface area contributed by atoms with E-state index in [0.717, 1.165) is 12.8 Å². The number of para-hydroxylation sites is 1. The first kappa shape index (κ1) is 24.5. The maximum Gasteiger partial charge on any atom is 0.414 e. The van der Waals surface area contributed by atoms with Crippen molar-refractivity contribution in [3.8, 4) is 0 Å². The van der Waals surface area contributed by atoms with Gasteiger partial charge in [-0.1, -0.05) is 36.7 Å². The standard InChI is InChI=1S/C21H28F3N3O4/c1-4-8-15-11-12-26(19(28)18(15)25-30-3)13-16-9-6-7-10-17(16)27(14-21(22,23)24)20(29)31-5-2/h6-7,9-10,15H,4-5,8,11-14H2,1-3H3/b25-18+. The molecule has 1 unspecified atom stereocenters. The third-order valence-corrected chi connectivity index (χ3v) is 4.94. The Kier molecular flexibility index (Phi) is 8.70. The molecule has 2 rings (SSSR count). The van der Waals surface area contributed by atoms with Crippen molar-refractivity contribution in [1.82, 2.24) is 4.90 Å². The molecule has 0 bridgehead atoms. The molecule has 0 aromatic heterocycles. The van der Waals surface area contributed by atoms with Crippen molar-refractivity contribution < 1.29 is 32.3 Å². The summed E-state index contributed by atoms with van der Waals surface area (Å²) < 4.78 is 44.3. The van der Waals surface area contributed by atoms with Crippen LogP contribution in [0.5, 0.6) is 0 Å². The molecule has 172 valence electrons. The van der Waals surface area contributed by atoms with Crippen LogP contribution < -0.4 is 4.90 Å². The van der Waals surface area contributed by atoms with Gasteiger partial charge in [-0.15, -0.1) is 0 Å². The van der Waals surface area contributed by atoms with Crippen molar-refractivity contribution in [1.29, 1.82) is 0 Å². The van der Waals surface area contributed by atoms with E-state index in [-0.39, 0.29) is 30.7 Å². The van der Waals surface area contributed by atoms with Crippen molar-refractivity contribution in [2.24, 2.45) is 11.1 Å². The van der Waals surface area contributed by atoms with E-state index in [1.165, 1.54) is 31.1 Å². The highest BCUT2D eigenvalue weighted by molar-refractivity contribution is 6.39. The largest absolute Gasteiger partial charge is 0.449 e. The van der Waals surface area contributed by atoms with Gasteiger partial charge in [0.1, 0.15) is 19.4 Å². The van der Waals surface area contributed by atoms with Crippen LogP contribution in [0.4, 0.5) is 23.7 Å². The van der Waals surface area contributed by atoms with E-state index >= 15 is 0 Å². The summed E-state index contributed by atoms with van der Waals surface area (Å²) in [6, 6.07) is 6.19. The van der Waals surface area contributed by atoms with E-state index < -0.39 is 18.8 Å². The number of carbonyl (C=O) groups is 2. The van der Waals surface area contributed by atoms with Crippen molar-refractivity contribution in [2.45, 2.75) is 45.8 Å². The number of likely N-dealkylation sites (tertiary alicyclic amines) is 1. The quantitative estimate of drug-likeness (QED) is 0.560. The van der Waals surface area contributed by atoms with E-state index in [9.17, 15) is 22.8 Å². The van der Waals surface area contributed by atoms with Crippen LogP contribution in [0.3, 0.4) is 0 Å². The van der Waals surface area contributed by atoms with Gasteiger partial charge in [0.25, 0.3) is 5.91 Å². The van der Waals surface area contributed by atoms with Gasteiger partial charge in [0.15, 0.2) is 0 Å². The molecule has 0 radical (unpaired) electrons. The first-order chi connectivity index (χ1) is 14.7. The molecular weight excluding hydrogens is 415 g/mol. The number of alkyl halides is 3. The number of carbonyl (C=O) groups excluding carboxylic acids is 2. The molecule has 0 saturated carbocycles. The highest BCUT2D eigenvalue weighted by atomic mass is 19.4. The lowest BCUT2D eigenvalue weighted by atomic mass is 9.89. The lowest BCUT2D eigenvalue weighted by Gasteiger charge is -2.33. The summed E-state index contributed by atoms with van der Waals surface area (Å²) in [6.07, 6.45) is -3.36. The Hall–Kier alpha value is -2.78. The molecule has 0 aliphatic carbocycles. The number of amides is 2. The molecule has 1 aromatic rings. The number of benzene rings is 1. The SMILES string of the molecule is CCCC1CCN(Cc2ccccc2N(CC(F)(F)F)C(=O)OCC)C(=O)/C1=N/OC. The Morgan fingerprint density at radius 1 is 1.29 bits per heavy atom. The Morgan fingerprint density at radius 3 is 2.61 bits per heavy atom. The zero-order chi connectivity index (χ0) is 23.0. The minimum Gasteiger partial charge on any atom is -0.449 e. The van der Waals surface area contributed by atoms with Gasteiger partial charge in [-0.3, -0.25) is 9.69 Å². The van der Waals surface area contributed by atoms with Crippen molar-refractivity contribution in [3.63, 3.8) is 0 Å². The molecular formula is C21H28F3N3O4. The normalized spacial score (nSPS) is 18.3. The van der Waals surface area contributed by atoms with E-state index in [2.05, 4.69) is 5.16 Å². The van der Waals surface area contributed by atoms with Crippen LogP contribution in [-0.4, -0.2) is 55.6 Å². The van der Waals surface area contributed by atoms with Gasteiger partial charge in [-0.05, 0) is 31.4 Å². The maximum absolute atomic E-state index is 13.2. The van der Waals surface area contributed by atoms with Crippen LogP contribution in [0, 0.1) is 5.92 Å². The monoisotopic (exact) mass is 443 g/mol. The number of piperidine rings is 1. The van der Waals surface area contributed by atoms with E-state index in [0.29, 0.717) is 29.1 Å². The molecule has 1 atom stereocenters. The third-order valence-electron chi connectivity index (χ3n) is 4.94. The lowest BCUT2D eigenvalue weighted by Crippen LogP contribution is -2.46. The van der Waals surface area contributed by atoms with Gasteiger partial charge in [0.2, 0.25) is 0 Å². The first-order valence-electron chi connectivity index (χ1n) is 10.2. The molecule has 1 aromatic carbocycles. The zero-order valence-electron chi connectivity index (χ0n) is 17.9. The number of halogens is 3. The van der Waals surface area contributed by atoms with Gasteiger partial charge in [-0.25, -0.2) is 4.79 Å². The number of oxime groups is 1. The van der Waals surface area contributed by atoms with Crippen LogP contribution in [0.15, 0.2) is 29.4 Å². The molecule has 31 heavy (non-hydrogen) atoms. The van der Waals surface area contributed by atoms with Crippen molar-refractivity contribution in [2.75, 3.05) is 31.7 Å². The second-order valence-electron chi connectivity index (χ2n) is 7.19. The Bertz CT molecular complexity index is 798. The topological polar surface area (TPSA) is 71.4 Å². The van der Waals surface area contributed by atoms with Gasteiger partial charge >= 0.3 is 12.3 Å². The predicted molar refractivity (Wildman–Crippen MR) is 110 cm³/mol. The maximum atomic E-state index is 13.2. The summed E-state index contributed by atoms with van der Waals surface area (Å²) in [6.45, 7) is 2.44. The number of rotatable bonds is 8. The lowest BCUT2D eigenvalue weighted by molar-refractivity contribution is -0.126. The Balaban J connectivity index is 2.33. The summed E-state index contributed by atoms with van der Waals surface area (Å²) in [4.78, 5) is 32.2. The van der Waals surface area contributed by atoms with E-state index in [1.54, 1.807) is 12.1 Å². The second kappa shape index (κ2) is 11.0. The van der Waals surface area contributed by atoms with E-state index in [4.69, 9.17) is 9.57 Å². The van der Waals surface area contributed by atoms with Crippen molar-refractivity contribution in [3.05, 3.63) is 29.8 Å². The third kappa shape index (κ3) is 6.60. The summed E-state index contributed by atoms with van der Waals surface area (Å²) in [5, 5.41) is 3.91. The van der Waals surface area contributed by atoms with Crippen LogP contribution in [-0.2, 0) is 20.9 Å². The highest BCUT2D eigenvalue weighted by Crippen LogP contribution is 2.29. The predicted octanol–water partition coefficient (Wildman–Crippen LogP) is 4.36. The van der Waals surface area contributed by atoms with Crippen molar-refractivity contribution >= 4 is 23.4 Å². The highest BCUT2D eigenvalue weighted by Gasteiger charge is 2.37. The molecule has 2 amide bonds. The average Bonchev–Trinajstić information content (AvgIpc) is 2.71. The summed E-state index contributed by atoms with van der Waals surface area (Å²) in [5.41, 5.74) is 0.761. The molecule has 0 N–H and O–H groups in total.